The number of rotatable bonds is 4. The highest BCUT2D eigenvalue weighted by molar-refractivity contribution is 6.19. The van der Waals surface area contributed by atoms with Crippen molar-refractivity contribution in [3.8, 4) is 45.3 Å². The molecule has 242 valence electrons. The normalized spacial score (nSPS) is 11.8. The average Bonchev–Trinajstić information content (AvgIpc) is 3.79. The Balaban J connectivity index is 1.07. The van der Waals surface area contributed by atoms with Crippen molar-refractivity contribution in [3.05, 3.63) is 164 Å². The minimum Gasteiger partial charge on any atom is -0.456 e. The molecule has 0 saturated heterocycles. The summed E-state index contributed by atoms with van der Waals surface area (Å²) in [7, 11) is 0. The highest BCUT2D eigenvalue weighted by Crippen LogP contribution is 2.40. The molecule has 0 radical (unpaired) electrons. The maximum atomic E-state index is 6.23. The van der Waals surface area contributed by atoms with Crippen LogP contribution in [0, 0.1) is 0 Å². The van der Waals surface area contributed by atoms with Crippen molar-refractivity contribution >= 4 is 65.4 Å². The second kappa shape index (κ2) is 11.2. The molecular formula is C47H27N3O2. The summed E-state index contributed by atoms with van der Waals surface area (Å²) in [5.41, 5.74) is 8.61. The van der Waals surface area contributed by atoms with E-state index in [9.17, 15) is 0 Å². The molecule has 0 spiro atoms. The van der Waals surface area contributed by atoms with Crippen LogP contribution in [-0.4, -0.2) is 15.0 Å². The van der Waals surface area contributed by atoms with Crippen LogP contribution in [0.5, 0.6) is 0 Å². The van der Waals surface area contributed by atoms with Crippen LogP contribution in [0.1, 0.15) is 0 Å². The molecule has 5 nitrogen and oxygen atoms in total. The summed E-state index contributed by atoms with van der Waals surface area (Å²) in [5.74, 6) is 1.87. The van der Waals surface area contributed by atoms with Gasteiger partial charge >= 0.3 is 0 Å². The lowest BCUT2D eigenvalue weighted by Crippen LogP contribution is -2.00. The summed E-state index contributed by atoms with van der Waals surface area (Å²) in [6.07, 6.45) is 0. The number of nitrogens with zero attached hydrogens (tertiary/aromatic N) is 3. The van der Waals surface area contributed by atoms with E-state index in [1.165, 1.54) is 0 Å². The lowest BCUT2D eigenvalue weighted by Gasteiger charge is -2.12. The number of aromatic nitrogens is 3. The summed E-state index contributed by atoms with van der Waals surface area (Å²) in [5, 5.41) is 8.95. The first-order chi connectivity index (χ1) is 25.7. The first-order valence-corrected chi connectivity index (χ1v) is 17.3. The number of hydrogen-bond donors (Lipinski definition) is 0. The number of furan rings is 2. The summed E-state index contributed by atoms with van der Waals surface area (Å²) in [6, 6.07) is 56.3. The Morgan fingerprint density at radius 1 is 0.308 bits per heavy atom. The molecule has 0 aliphatic heterocycles. The van der Waals surface area contributed by atoms with Gasteiger partial charge < -0.3 is 8.83 Å². The van der Waals surface area contributed by atoms with Gasteiger partial charge in [-0.25, -0.2) is 15.0 Å². The molecule has 0 bridgehead atoms. The van der Waals surface area contributed by atoms with Crippen LogP contribution < -0.4 is 0 Å². The smallest absolute Gasteiger partial charge is 0.164 e. The Morgan fingerprint density at radius 3 is 1.58 bits per heavy atom. The van der Waals surface area contributed by atoms with Crippen molar-refractivity contribution < 1.29 is 8.83 Å². The summed E-state index contributed by atoms with van der Waals surface area (Å²) >= 11 is 0. The zero-order valence-electron chi connectivity index (χ0n) is 27.7. The monoisotopic (exact) mass is 665 g/mol. The third-order valence-electron chi connectivity index (χ3n) is 10.1. The van der Waals surface area contributed by atoms with Crippen molar-refractivity contribution in [1.82, 2.24) is 15.0 Å². The van der Waals surface area contributed by atoms with E-state index in [4.69, 9.17) is 23.8 Å². The minimum atomic E-state index is 0.621. The molecule has 8 aromatic carbocycles. The molecule has 0 fully saturated rings. The summed E-state index contributed by atoms with van der Waals surface area (Å²) in [4.78, 5) is 15.2. The van der Waals surface area contributed by atoms with Crippen molar-refractivity contribution in [3.63, 3.8) is 0 Å². The average molecular weight is 666 g/mol. The van der Waals surface area contributed by atoms with E-state index < -0.39 is 0 Å². The van der Waals surface area contributed by atoms with Crippen LogP contribution in [0.4, 0.5) is 0 Å². The molecule has 3 heterocycles. The molecule has 0 N–H and O–H groups in total. The van der Waals surface area contributed by atoms with Crippen molar-refractivity contribution in [2.45, 2.75) is 0 Å². The van der Waals surface area contributed by atoms with Gasteiger partial charge in [0, 0.05) is 38.2 Å². The zero-order valence-corrected chi connectivity index (χ0v) is 27.7. The quantitative estimate of drug-likeness (QED) is 0.187. The molecule has 0 unspecified atom stereocenters. The van der Waals surface area contributed by atoms with Gasteiger partial charge in [-0.3, -0.25) is 0 Å². The first kappa shape index (κ1) is 28.7. The van der Waals surface area contributed by atoms with Gasteiger partial charge in [0.2, 0.25) is 0 Å². The van der Waals surface area contributed by atoms with E-state index in [1.807, 2.05) is 60.7 Å². The third-order valence-corrected chi connectivity index (χ3v) is 10.1. The van der Waals surface area contributed by atoms with Gasteiger partial charge in [-0.1, -0.05) is 127 Å². The lowest BCUT2D eigenvalue weighted by atomic mass is 9.94. The zero-order chi connectivity index (χ0) is 34.2. The van der Waals surface area contributed by atoms with Crippen LogP contribution >= 0.6 is 0 Å². The van der Waals surface area contributed by atoms with Crippen LogP contribution in [0.2, 0.25) is 0 Å². The van der Waals surface area contributed by atoms with Gasteiger partial charge in [0.05, 0.1) is 0 Å². The van der Waals surface area contributed by atoms with Crippen molar-refractivity contribution in [2.75, 3.05) is 0 Å². The van der Waals surface area contributed by atoms with Crippen LogP contribution in [0.15, 0.2) is 173 Å². The van der Waals surface area contributed by atoms with Crippen molar-refractivity contribution in [1.29, 1.82) is 0 Å². The molecule has 5 heteroatoms. The fraction of sp³-hybridized carbons (Fsp3) is 0. The third kappa shape index (κ3) is 4.46. The Bertz CT molecular complexity index is 3190. The minimum absolute atomic E-state index is 0.621. The van der Waals surface area contributed by atoms with Crippen LogP contribution in [-0.2, 0) is 0 Å². The Kier molecular flexibility index (Phi) is 6.18. The first-order valence-electron chi connectivity index (χ1n) is 17.3. The highest BCUT2D eigenvalue weighted by atomic mass is 16.3. The Hall–Kier alpha value is -7.11. The molecule has 0 aliphatic rings. The van der Waals surface area contributed by atoms with Crippen LogP contribution in [0.25, 0.3) is 111 Å². The SMILES string of the molecule is c1ccc(-c2nc(-c3ccc4c(-c5cccc6oc7ccccc7c56)cccc4c3)nc(-c3ccc4c(ccc5oc6ccccc6c54)c3)n2)cc1. The van der Waals surface area contributed by atoms with E-state index in [-0.39, 0.29) is 0 Å². The van der Waals surface area contributed by atoms with Gasteiger partial charge in [-0.05, 0) is 69.1 Å². The largest absolute Gasteiger partial charge is 0.456 e. The van der Waals surface area contributed by atoms with E-state index in [1.54, 1.807) is 0 Å². The van der Waals surface area contributed by atoms with E-state index >= 15 is 0 Å². The van der Waals surface area contributed by atoms with Gasteiger partial charge in [-0.2, -0.15) is 0 Å². The number of para-hydroxylation sites is 2. The maximum Gasteiger partial charge on any atom is 0.164 e. The second-order valence-corrected chi connectivity index (χ2v) is 13.2. The fourth-order valence-electron chi connectivity index (χ4n) is 7.70. The predicted molar refractivity (Wildman–Crippen MR) is 211 cm³/mol. The number of fused-ring (bicyclic) bond motifs is 9. The standard InChI is InChI=1S/C47H27N3O2/c1-2-10-28(11-3-1)45-48-46(50-47(49-45)32-21-24-34-30(27-32)22-25-42-43(34)37-13-4-6-17-39(37)52-42)31-20-23-33-29(26-31)12-8-15-35(33)36-16-9-19-41-44(36)38-14-5-7-18-40(38)51-41/h1-27H. The highest BCUT2D eigenvalue weighted by Gasteiger charge is 2.17. The molecule has 11 rings (SSSR count). The Labute approximate surface area is 297 Å². The topological polar surface area (TPSA) is 65.0 Å². The lowest BCUT2D eigenvalue weighted by molar-refractivity contribution is 0.668. The molecule has 0 saturated carbocycles. The summed E-state index contributed by atoms with van der Waals surface area (Å²) < 4.78 is 12.4. The molecule has 3 aromatic heterocycles. The number of hydrogen-bond acceptors (Lipinski definition) is 5. The molecule has 11 aromatic rings. The summed E-state index contributed by atoms with van der Waals surface area (Å²) in [6.45, 7) is 0. The molecule has 0 aliphatic carbocycles. The molecule has 0 atom stereocenters. The molecule has 0 amide bonds. The maximum absolute atomic E-state index is 6.23. The second-order valence-electron chi connectivity index (χ2n) is 13.2. The van der Waals surface area contributed by atoms with Gasteiger partial charge in [0.1, 0.15) is 22.3 Å². The van der Waals surface area contributed by atoms with Crippen molar-refractivity contribution in [2.24, 2.45) is 0 Å². The Morgan fingerprint density at radius 2 is 0.846 bits per heavy atom. The fourth-order valence-corrected chi connectivity index (χ4v) is 7.70. The van der Waals surface area contributed by atoms with Gasteiger partial charge in [0.25, 0.3) is 0 Å². The molecular weight excluding hydrogens is 639 g/mol. The van der Waals surface area contributed by atoms with E-state index in [2.05, 4.69) is 103 Å². The molecule has 52 heavy (non-hydrogen) atoms. The van der Waals surface area contributed by atoms with E-state index in [0.717, 1.165) is 93.2 Å². The van der Waals surface area contributed by atoms with E-state index in [0.29, 0.717) is 17.5 Å². The van der Waals surface area contributed by atoms with Gasteiger partial charge in [0.15, 0.2) is 17.5 Å². The van der Waals surface area contributed by atoms with Gasteiger partial charge in [-0.15, -0.1) is 0 Å². The van der Waals surface area contributed by atoms with Crippen LogP contribution in [0.3, 0.4) is 0 Å². The predicted octanol–water partition coefficient (Wildman–Crippen LogP) is 12.6. The number of benzene rings is 8.